The van der Waals surface area contributed by atoms with Crippen molar-refractivity contribution in [2.75, 3.05) is 0 Å². The standard InChI is InChI=1S/C24H18N4O3/c1-16-5-10-22-23(11-16)27-24(26-22)19(14-25)12-17-6-8-21(9-7-17)31-15-18-3-2-4-20(13-18)28(29)30/h2-13H,15H2,1H3,(H,26,27). The highest BCUT2D eigenvalue weighted by atomic mass is 16.6. The lowest BCUT2D eigenvalue weighted by atomic mass is 10.1. The first-order valence-corrected chi connectivity index (χ1v) is 9.56. The molecule has 0 fully saturated rings. The van der Waals surface area contributed by atoms with E-state index in [0.717, 1.165) is 22.2 Å². The molecule has 152 valence electrons. The van der Waals surface area contributed by atoms with Gasteiger partial charge in [0, 0.05) is 12.1 Å². The quantitative estimate of drug-likeness (QED) is 0.259. The van der Waals surface area contributed by atoms with E-state index in [0.29, 0.717) is 22.7 Å². The van der Waals surface area contributed by atoms with Gasteiger partial charge in [0.05, 0.1) is 21.5 Å². The number of imidazole rings is 1. The van der Waals surface area contributed by atoms with E-state index in [4.69, 9.17) is 4.74 Å². The minimum Gasteiger partial charge on any atom is -0.489 e. The van der Waals surface area contributed by atoms with Gasteiger partial charge in [0.1, 0.15) is 24.3 Å². The van der Waals surface area contributed by atoms with Crippen LogP contribution in [0.5, 0.6) is 5.75 Å². The van der Waals surface area contributed by atoms with Gasteiger partial charge in [-0.05, 0) is 54.0 Å². The van der Waals surface area contributed by atoms with Crippen molar-refractivity contribution >= 4 is 28.4 Å². The molecule has 1 aromatic heterocycles. The van der Waals surface area contributed by atoms with Crippen molar-refractivity contribution in [1.29, 1.82) is 5.26 Å². The lowest BCUT2D eigenvalue weighted by Crippen LogP contribution is -1.97. The molecule has 3 aromatic carbocycles. The number of non-ortho nitro benzene ring substituents is 1. The van der Waals surface area contributed by atoms with Crippen LogP contribution in [-0.4, -0.2) is 14.9 Å². The number of rotatable bonds is 6. The number of aryl methyl sites for hydroxylation is 1. The lowest BCUT2D eigenvalue weighted by molar-refractivity contribution is -0.384. The summed E-state index contributed by atoms with van der Waals surface area (Å²) in [6, 6.07) is 21.7. The number of aromatic nitrogens is 2. The Kier molecular flexibility index (Phi) is 5.45. The van der Waals surface area contributed by atoms with Crippen LogP contribution in [0.2, 0.25) is 0 Å². The van der Waals surface area contributed by atoms with E-state index in [1.807, 2.05) is 37.3 Å². The van der Waals surface area contributed by atoms with Gasteiger partial charge < -0.3 is 9.72 Å². The van der Waals surface area contributed by atoms with Crippen LogP contribution in [0, 0.1) is 28.4 Å². The monoisotopic (exact) mass is 410 g/mol. The second-order valence-electron chi connectivity index (χ2n) is 7.06. The number of hydrogen-bond acceptors (Lipinski definition) is 5. The molecule has 0 amide bonds. The molecule has 0 saturated heterocycles. The third-order valence-electron chi connectivity index (χ3n) is 4.73. The van der Waals surface area contributed by atoms with Crippen molar-refractivity contribution in [2.24, 2.45) is 0 Å². The summed E-state index contributed by atoms with van der Waals surface area (Å²) in [5.41, 5.74) is 4.82. The summed E-state index contributed by atoms with van der Waals surface area (Å²) in [7, 11) is 0. The van der Waals surface area contributed by atoms with E-state index in [1.165, 1.54) is 12.1 Å². The van der Waals surface area contributed by atoms with Crippen LogP contribution < -0.4 is 4.74 Å². The van der Waals surface area contributed by atoms with Gasteiger partial charge in [-0.1, -0.05) is 30.3 Å². The zero-order chi connectivity index (χ0) is 21.8. The number of fused-ring (bicyclic) bond motifs is 1. The van der Waals surface area contributed by atoms with Gasteiger partial charge in [-0.3, -0.25) is 10.1 Å². The predicted molar refractivity (Wildman–Crippen MR) is 118 cm³/mol. The van der Waals surface area contributed by atoms with Crippen molar-refractivity contribution in [3.63, 3.8) is 0 Å². The smallest absolute Gasteiger partial charge is 0.269 e. The highest BCUT2D eigenvalue weighted by molar-refractivity contribution is 5.90. The minimum absolute atomic E-state index is 0.0337. The number of nitriles is 1. The second kappa shape index (κ2) is 8.51. The Morgan fingerprint density at radius 2 is 2.00 bits per heavy atom. The Balaban J connectivity index is 1.48. The highest BCUT2D eigenvalue weighted by Crippen LogP contribution is 2.22. The van der Waals surface area contributed by atoms with E-state index in [2.05, 4.69) is 16.0 Å². The maximum atomic E-state index is 10.9. The Morgan fingerprint density at radius 1 is 1.19 bits per heavy atom. The van der Waals surface area contributed by atoms with Crippen LogP contribution in [-0.2, 0) is 6.61 Å². The summed E-state index contributed by atoms with van der Waals surface area (Å²) in [6.07, 6.45) is 1.76. The molecule has 1 heterocycles. The largest absolute Gasteiger partial charge is 0.489 e. The average molecular weight is 410 g/mol. The van der Waals surface area contributed by atoms with Crippen LogP contribution in [0.4, 0.5) is 5.69 Å². The third kappa shape index (κ3) is 4.60. The van der Waals surface area contributed by atoms with Gasteiger partial charge in [0.2, 0.25) is 0 Å². The van der Waals surface area contributed by atoms with Crippen molar-refractivity contribution in [1.82, 2.24) is 9.97 Å². The molecule has 0 aliphatic carbocycles. The summed E-state index contributed by atoms with van der Waals surface area (Å²) in [6.45, 7) is 2.22. The van der Waals surface area contributed by atoms with Gasteiger partial charge in [-0.2, -0.15) is 5.26 Å². The van der Waals surface area contributed by atoms with Crippen LogP contribution in [0.25, 0.3) is 22.7 Å². The van der Waals surface area contributed by atoms with Gasteiger partial charge in [-0.25, -0.2) is 4.98 Å². The van der Waals surface area contributed by atoms with Crippen molar-refractivity contribution < 1.29 is 9.66 Å². The van der Waals surface area contributed by atoms with Gasteiger partial charge in [0.25, 0.3) is 5.69 Å². The molecule has 0 aliphatic heterocycles. The summed E-state index contributed by atoms with van der Waals surface area (Å²) in [5, 5.41) is 20.5. The number of nitrogens with zero attached hydrogens (tertiary/aromatic N) is 3. The number of nitrogens with one attached hydrogen (secondary N) is 1. The maximum absolute atomic E-state index is 10.9. The first kappa shape index (κ1) is 19.9. The lowest BCUT2D eigenvalue weighted by Gasteiger charge is -2.06. The molecule has 4 aromatic rings. The Morgan fingerprint density at radius 3 is 2.74 bits per heavy atom. The normalized spacial score (nSPS) is 11.3. The average Bonchev–Trinajstić information content (AvgIpc) is 3.20. The minimum atomic E-state index is -0.430. The number of allylic oxidation sites excluding steroid dienone is 1. The SMILES string of the molecule is Cc1ccc2nc(C(C#N)=Cc3ccc(OCc4cccc([N+](=O)[O-])c4)cc3)[nH]c2c1. The number of H-pyrrole nitrogens is 1. The zero-order valence-corrected chi connectivity index (χ0v) is 16.7. The first-order chi connectivity index (χ1) is 15.0. The summed E-state index contributed by atoms with van der Waals surface area (Å²) in [5.74, 6) is 1.15. The molecule has 0 aliphatic rings. The molecule has 0 radical (unpaired) electrons. The number of ether oxygens (including phenoxy) is 1. The van der Waals surface area contributed by atoms with Gasteiger partial charge >= 0.3 is 0 Å². The molecule has 0 atom stereocenters. The molecule has 31 heavy (non-hydrogen) atoms. The van der Waals surface area contributed by atoms with E-state index >= 15 is 0 Å². The summed E-state index contributed by atoms with van der Waals surface area (Å²) in [4.78, 5) is 18.1. The van der Waals surface area contributed by atoms with Crippen LogP contribution >= 0.6 is 0 Å². The van der Waals surface area contributed by atoms with Crippen LogP contribution in [0.15, 0.2) is 66.7 Å². The fraction of sp³-hybridized carbons (Fsp3) is 0.0833. The molecule has 0 unspecified atom stereocenters. The van der Waals surface area contributed by atoms with E-state index in [-0.39, 0.29) is 12.3 Å². The van der Waals surface area contributed by atoms with Crippen molar-refractivity contribution in [3.05, 3.63) is 99.4 Å². The highest BCUT2D eigenvalue weighted by Gasteiger charge is 2.09. The molecule has 0 spiro atoms. The molecule has 0 saturated carbocycles. The molecule has 4 rings (SSSR count). The Bertz CT molecular complexity index is 1330. The molecular weight excluding hydrogens is 392 g/mol. The number of hydrogen-bond donors (Lipinski definition) is 1. The van der Waals surface area contributed by atoms with Crippen molar-refractivity contribution in [3.8, 4) is 11.8 Å². The second-order valence-corrected chi connectivity index (χ2v) is 7.06. The van der Waals surface area contributed by atoms with E-state index in [1.54, 1.807) is 30.3 Å². The molecule has 7 nitrogen and oxygen atoms in total. The zero-order valence-electron chi connectivity index (χ0n) is 16.7. The number of aromatic amines is 1. The Labute approximate surface area is 178 Å². The summed E-state index contributed by atoms with van der Waals surface area (Å²) >= 11 is 0. The number of nitro groups is 1. The molecular formula is C24H18N4O3. The topological polar surface area (TPSA) is 105 Å². The van der Waals surface area contributed by atoms with Crippen LogP contribution in [0.1, 0.15) is 22.5 Å². The predicted octanol–water partition coefficient (Wildman–Crippen LogP) is 5.42. The number of nitro benzene ring substituents is 1. The van der Waals surface area contributed by atoms with E-state index < -0.39 is 4.92 Å². The molecule has 7 heteroatoms. The van der Waals surface area contributed by atoms with Gasteiger partial charge in [-0.15, -0.1) is 0 Å². The maximum Gasteiger partial charge on any atom is 0.269 e. The third-order valence-corrected chi connectivity index (χ3v) is 4.73. The molecule has 1 N–H and O–H groups in total. The van der Waals surface area contributed by atoms with E-state index in [9.17, 15) is 15.4 Å². The van der Waals surface area contributed by atoms with Gasteiger partial charge in [0.15, 0.2) is 0 Å². The Hall–Kier alpha value is -4.44. The number of benzene rings is 3. The fourth-order valence-electron chi connectivity index (χ4n) is 3.16. The summed E-state index contributed by atoms with van der Waals surface area (Å²) < 4.78 is 5.72. The first-order valence-electron chi connectivity index (χ1n) is 9.56. The fourth-order valence-corrected chi connectivity index (χ4v) is 3.16. The van der Waals surface area contributed by atoms with Crippen molar-refractivity contribution in [2.45, 2.75) is 13.5 Å². The van der Waals surface area contributed by atoms with Crippen LogP contribution in [0.3, 0.4) is 0 Å². The molecule has 0 bridgehead atoms.